The monoisotopic (exact) mass is 369 g/mol. The van der Waals surface area contributed by atoms with Gasteiger partial charge in [-0.05, 0) is 31.5 Å². The summed E-state index contributed by atoms with van der Waals surface area (Å²) in [5.74, 6) is -0.405. The minimum Gasteiger partial charge on any atom is -0.334 e. The summed E-state index contributed by atoms with van der Waals surface area (Å²) in [5, 5.41) is 0. The van der Waals surface area contributed by atoms with Crippen molar-refractivity contribution in [2.75, 3.05) is 12.3 Å². The van der Waals surface area contributed by atoms with Gasteiger partial charge in [-0.3, -0.25) is 4.79 Å². The number of carbonyl (C=O) groups excluding carboxylic acids is 1. The van der Waals surface area contributed by atoms with E-state index >= 15 is 0 Å². The van der Waals surface area contributed by atoms with E-state index in [1.807, 2.05) is 44.2 Å². The Bertz CT molecular complexity index is 914. The molecule has 26 heavy (non-hydrogen) atoms. The molecule has 136 valence electrons. The fourth-order valence-corrected chi connectivity index (χ4v) is 5.04. The molecule has 0 saturated carbocycles. The van der Waals surface area contributed by atoms with Crippen LogP contribution in [0.3, 0.4) is 0 Å². The van der Waals surface area contributed by atoms with Crippen molar-refractivity contribution in [1.29, 1.82) is 0 Å². The highest BCUT2D eigenvalue weighted by Gasteiger charge is 2.38. The molecule has 0 radical (unpaired) electrons. The highest BCUT2D eigenvalue weighted by atomic mass is 32.2. The maximum Gasteiger partial charge on any atom is 0.250 e. The Morgan fingerprint density at radius 1 is 1.00 bits per heavy atom. The zero-order valence-corrected chi connectivity index (χ0v) is 15.9. The number of sulfone groups is 1. The topological polar surface area (TPSA) is 54.5 Å². The van der Waals surface area contributed by atoms with E-state index in [0.29, 0.717) is 23.6 Å². The maximum absolute atomic E-state index is 12.9. The Hall–Kier alpha value is -2.40. The fraction of sp³-hybridized carbons (Fsp3) is 0.286. The van der Waals surface area contributed by atoms with Crippen molar-refractivity contribution in [3.8, 4) is 0 Å². The molecule has 0 N–H and O–H groups in total. The summed E-state index contributed by atoms with van der Waals surface area (Å²) in [7, 11) is -3.44. The van der Waals surface area contributed by atoms with Gasteiger partial charge >= 0.3 is 0 Å². The van der Waals surface area contributed by atoms with Gasteiger partial charge in [-0.1, -0.05) is 54.1 Å². The van der Waals surface area contributed by atoms with E-state index < -0.39 is 9.84 Å². The standard InChI is InChI=1S/C21H23NO3S/c1-16(2)20-18(15-26(24,25)19-11-7-4-8-12-19)14-22(21(20)23)13-17-9-5-3-6-10-17/h3-12,18H,13-15H2,1-2H3. The first-order valence-corrected chi connectivity index (χ1v) is 10.3. The van der Waals surface area contributed by atoms with E-state index in [2.05, 4.69) is 0 Å². The molecular weight excluding hydrogens is 346 g/mol. The van der Waals surface area contributed by atoms with Gasteiger partial charge in [-0.2, -0.15) is 0 Å². The molecule has 3 rings (SSSR count). The molecule has 0 bridgehead atoms. The molecule has 0 aromatic heterocycles. The molecule has 1 heterocycles. The first-order valence-electron chi connectivity index (χ1n) is 8.67. The molecule has 1 fully saturated rings. The SMILES string of the molecule is CC(C)=C1C(=O)N(Cc2ccccc2)CC1CS(=O)(=O)c1ccccc1. The van der Waals surface area contributed by atoms with Crippen LogP contribution < -0.4 is 0 Å². The van der Waals surface area contributed by atoms with Crippen LogP contribution in [0.25, 0.3) is 0 Å². The molecule has 2 aromatic carbocycles. The Labute approximate surface area is 155 Å². The predicted molar refractivity (Wildman–Crippen MR) is 102 cm³/mol. The molecule has 0 aliphatic carbocycles. The Kier molecular flexibility index (Phi) is 5.28. The van der Waals surface area contributed by atoms with Gasteiger partial charge in [-0.25, -0.2) is 8.42 Å². The summed E-state index contributed by atoms with van der Waals surface area (Å²) in [5.41, 5.74) is 2.57. The van der Waals surface area contributed by atoms with Crippen LogP contribution in [0.15, 0.2) is 76.7 Å². The van der Waals surface area contributed by atoms with E-state index in [9.17, 15) is 13.2 Å². The first kappa shape index (κ1) is 18.4. The molecule has 1 saturated heterocycles. The zero-order valence-electron chi connectivity index (χ0n) is 15.1. The quantitative estimate of drug-likeness (QED) is 0.759. The third-order valence-electron chi connectivity index (χ3n) is 4.64. The first-order chi connectivity index (χ1) is 12.4. The predicted octanol–water partition coefficient (Wildman–Crippen LogP) is 3.46. The van der Waals surface area contributed by atoms with Crippen molar-refractivity contribution in [2.24, 2.45) is 5.92 Å². The molecule has 5 heteroatoms. The highest BCUT2D eigenvalue weighted by molar-refractivity contribution is 7.91. The van der Waals surface area contributed by atoms with Crippen molar-refractivity contribution < 1.29 is 13.2 Å². The van der Waals surface area contributed by atoms with E-state index in [0.717, 1.165) is 11.1 Å². The van der Waals surface area contributed by atoms with E-state index in [1.165, 1.54) is 0 Å². The second-order valence-electron chi connectivity index (χ2n) is 6.88. The van der Waals surface area contributed by atoms with E-state index in [-0.39, 0.29) is 17.6 Å². The second kappa shape index (κ2) is 7.46. The van der Waals surface area contributed by atoms with Gasteiger partial charge in [0.1, 0.15) is 0 Å². The van der Waals surface area contributed by atoms with E-state index in [1.54, 1.807) is 35.2 Å². The van der Waals surface area contributed by atoms with Crippen LogP contribution in [-0.4, -0.2) is 31.5 Å². The smallest absolute Gasteiger partial charge is 0.250 e. The average Bonchev–Trinajstić information content (AvgIpc) is 2.91. The number of carbonyl (C=O) groups is 1. The van der Waals surface area contributed by atoms with Gasteiger partial charge in [0.05, 0.1) is 10.6 Å². The molecule has 1 unspecified atom stereocenters. The maximum atomic E-state index is 12.9. The Morgan fingerprint density at radius 3 is 2.15 bits per heavy atom. The average molecular weight is 369 g/mol. The summed E-state index contributed by atoms with van der Waals surface area (Å²) in [4.78, 5) is 14.9. The van der Waals surface area contributed by atoms with Crippen LogP contribution in [0.1, 0.15) is 19.4 Å². The summed E-state index contributed by atoms with van der Waals surface area (Å²) >= 11 is 0. The van der Waals surface area contributed by atoms with Crippen molar-refractivity contribution in [3.63, 3.8) is 0 Å². The van der Waals surface area contributed by atoms with Crippen molar-refractivity contribution in [2.45, 2.75) is 25.3 Å². The van der Waals surface area contributed by atoms with E-state index in [4.69, 9.17) is 0 Å². The molecule has 1 aliphatic heterocycles. The lowest BCUT2D eigenvalue weighted by molar-refractivity contribution is -0.125. The summed E-state index contributed by atoms with van der Waals surface area (Å²) in [6.07, 6.45) is 0. The lowest BCUT2D eigenvalue weighted by Gasteiger charge is -2.16. The molecular formula is C21H23NO3S. The van der Waals surface area contributed by atoms with Crippen LogP contribution in [0.4, 0.5) is 0 Å². The molecule has 1 atom stereocenters. The van der Waals surface area contributed by atoms with Gasteiger partial charge in [0.2, 0.25) is 5.91 Å². The molecule has 4 nitrogen and oxygen atoms in total. The third kappa shape index (κ3) is 3.88. The molecule has 0 spiro atoms. The fourth-order valence-electron chi connectivity index (χ4n) is 3.47. The summed E-state index contributed by atoms with van der Waals surface area (Å²) in [6.45, 7) is 4.68. The van der Waals surface area contributed by atoms with Crippen molar-refractivity contribution >= 4 is 15.7 Å². The lowest BCUT2D eigenvalue weighted by atomic mass is 10.0. The van der Waals surface area contributed by atoms with Crippen molar-refractivity contribution in [3.05, 3.63) is 77.4 Å². The number of hydrogen-bond acceptors (Lipinski definition) is 3. The van der Waals surface area contributed by atoms with Crippen LogP contribution in [0, 0.1) is 5.92 Å². The number of likely N-dealkylation sites (tertiary alicyclic amines) is 1. The molecule has 1 aliphatic rings. The Balaban J connectivity index is 1.85. The summed E-state index contributed by atoms with van der Waals surface area (Å²) in [6, 6.07) is 18.2. The largest absolute Gasteiger partial charge is 0.334 e. The lowest BCUT2D eigenvalue weighted by Crippen LogP contribution is -2.25. The van der Waals surface area contributed by atoms with Gasteiger partial charge in [0, 0.05) is 24.6 Å². The third-order valence-corrected chi connectivity index (χ3v) is 6.48. The van der Waals surface area contributed by atoms with Crippen LogP contribution >= 0.6 is 0 Å². The molecule has 1 amide bonds. The van der Waals surface area contributed by atoms with Crippen molar-refractivity contribution in [1.82, 2.24) is 4.90 Å². The number of hydrogen-bond donors (Lipinski definition) is 0. The number of rotatable bonds is 5. The van der Waals surface area contributed by atoms with Gasteiger partial charge < -0.3 is 4.90 Å². The number of allylic oxidation sites excluding steroid dienone is 1. The number of nitrogens with zero attached hydrogens (tertiary/aromatic N) is 1. The van der Waals surface area contributed by atoms with Gasteiger partial charge in [-0.15, -0.1) is 0 Å². The van der Waals surface area contributed by atoms with Gasteiger partial charge in [0.25, 0.3) is 0 Å². The minimum atomic E-state index is -3.44. The van der Waals surface area contributed by atoms with Crippen LogP contribution in [0.2, 0.25) is 0 Å². The second-order valence-corrected chi connectivity index (χ2v) is 8.91. The summed E-state index contributed by atoms with van der Waals surface area (Å²) < 4.78 is 25.6. The normalized spacial score (nSPS) is 17.6. The Morgan fingerprint density at radius 2 is 1.58 bits per heavy atom. The number of benzene rings is 2. The highest BCUT2D eigenvalue weighted by Crippen LogP contribution is 2.31. The van der Waals surface area contributed by atoms with Gasteiger partial charge in [0.15, 0.2) is 9.84 Å². The number of amides is 1. The molecule has 2 aromatic rings. The van der Waals surface area contributed by atoms with Crippen LogP contribution in [0.5, 0.6) is 0 Å². The zero-order chi connectivity index (χ0) is 18.7. The minimum absolute atomic E-state index is 0.0471. The van der Waals surface area contributed by atoms with Crippen LogP contribution in [-0.2, 0) is 21.2 Å².